The van der Waals surface area contributed by atoms with E-state index in [2.05, 4.69) is 22.4 Å². The highest BCUT2D eigenvalue weighted by Gasteiger charge is 2.63. The van der Waals surface area contributed by atoms with E-state index in [9.17, 15) is 0 Å². The van der Waals surface area contributed by atoms with Gasteiger partial charge in [-0.15, -0.1) is 0 Å². The van der Waals surface area contributed by atoms with Crippen LogP contribution < -0.4 is 5.32 Å². The van der Waals surface area contributed by atoms with E-state index in [1.54, 1.807) is 0 Å². The highest BCUT2D eigenvalue weighted by atomic mass is 16.5. The number of hydrogen-bond donors (Lipinski definition) is 1. The van der Waals surface area contributed by atoms with Gasteiger partial charge in [0, 0.05) is 12.7 Å². The topological polar surface area (TPSA) is 34.2 Å². The van der Waals surface area contributed by atoms with Crippen LogP contribution in [0.2, 0.25) is 0 Å². The molecule has 1 N–H and O–H groups in total. The summed E-state index contributed by atoms with van der Waals surface area (Å²) >= 11 is 0. The first-order valence-electron chi connectivity index (χ1n) is 5.97. The first-order valence-corrected chi connectivity index (χ1v) is 5.97. The van der Waals surface area contributed by atoms with Crippen molar-refractivity contribution in [1.29, 1.82) is 0 Å². The van der Waals surface area contributed by atoms with Crippen LogP contribution in [0.1, 0.15) is 18.5 Å². The number of aromatic nitrogens is 1. The maximum Gasteiger partial charge on any atom is 0.0661 e. The van der Waals surface area contributed by atoms with Gasteiger partial charge in [0.2, 0.25) is 0 Å². The lowest BCUT2D eigenvalue weighted by Gasteiger charge is -2.47. The van der Waals surface area contributed by atoms with Gasteiger partial charge in [0.05, 0.1) is 24.3 Å². The number of nitrogens with one attached hydrogen (secondary N) is 1. The van der Waals surface area contributed by atoms with Crippen LogP contribution in [0.25, 0.3) is 0 Å². The van der Waals surface area contributed by atoms with Crippen LogP contribution in [0.4, 0.5) is 0 Å². The predicted octanol–water partition coefficient (Wildman–Crippen LogP) is 1.35. The molecule has 1 saturated heterocycles. The van der Waals surface area contributed by atoms with Crippen LogP contribution in [0.15, 0.2) is 24.4 Å². The zero-order valence-corrected chi connectivity index (χ0v) is 9.70. The number of rotatable bonds is 4. The average Bonchev–Trinajstić information content (AvgIpc) is 2.99. The minimum atomic E-state index is 0.178. The summed E-state index contributed by atoms with van der Waals surface area (Å²) < 4.78 is 5.50. The fraction of sp³-hybridized carbons (Fsp3) is 0.615. The maximum absolute atomic E-state index is 5.50. The van der Waals surface area contributed by atoms with Gasteiger partial charge in [0.15, 0.2) is 0 Å². The van der Waals surface area contributed by atoms with Crippen LogP contribution in [0.3, 0.4) is 0 Å². The lowest BCUT2D eigenvalue weighted by Crippen LogP contribution is -2.56. The highest BCUT2D eigenvalue weighted by Crippen LogP contribution is 2.61. The molecule has 3 rings (SSSR count). The molecule has 3 heteroatoms. The Kier molecular flexibility index (Phi) is 2.26. The van der Waals surface area contributed by atoms with E-state index in [1.807, 2.05) is 19.3 Å². The Morgan fingerprint density at radius 1 is 1.38 bits per heavy atom. The Morgan fingerprint density at radius 3 is 2.62 bits per heavy atom. The van der Waals surface area contributed by atoms with Crippen molar-refractivity contribution in [3.8, 4) is 0 Å². The minimum Gasteiger partial charge on any atom is -0.379 e. The summed E-state index contributed by atoms with van der Waals surface area (Å²) in [7, 11) is 2.03. The quantitative estimate of drug-likeness (QED) is 0.828. The van der Waals surface area contributed by atoms with Gasteiger partial charge >= 0.3 is 0 Å². The Balaban J connectivity index is 1.95. The maximum atomic E-state index is 5.50. The average molecular weight is 218 g/mol. The van der Waals surface area contributed by atoms with Crippen LogP contribution in [0, 0.1) is 5.41 Å². The van der Waals surface area contributed by atoms with Crippen molar-refractivity contribution in [3.05, 3.63) is 30.1 Å². The van der Waals surface area contributed by atoms with E-state index in [0.717, 1.165) is 19.8 Å². The second kappa shape index (κ2) is 3.54. The molecule has 1 saturated carbocycles. The molecule has 0 atom stereocenters. The molecule has 2 aliphatic rings. The Bertz CT molecular complexity index is 369. The summed E-state index contributed by atoms with van der Waals surface area (Å²) in [6.07, 6.45) is 4.49. The number of hydrogen-bond acceptors (Lipinski definition) is 3. The van der Waals surface area contributed by atoms with Crippen LogP contribution >= 0.6 is 0 Å². The number of nitrogens with zero attached hydrogens (tertiary/aromatic N) is 1. The molecule has 0 bridgehead atoms. The molecular formula is C13H18N2O. The zero-order chi connectivity index (χ0) is 11.1. The highest BCUT2D eigenvalue weighted by molar-refractivity contribution is 5.30. The monoisotopic (exact) mass is 218 g/mol. The fourth-order valence-corrected chi connectivity index (χ4v) is 2.99. The fourth-order valence-electron chi connectivity index (χ4n) is 2.99. The molecule has 0 unspecified atom stereocenters. The predicted molar refractivity (Wildman–Crippen MR) is 62.3 cm³/mol. The summed E-state index contributed by atoms with van der Waals surface area (Å²) in [6.45, 7) is 2.75. The van der Waals surface area contributed by atoms with Gasteiger partial charge in [-0.2, -0.15) is 0 Å². The third-order valence-corrected chi connectivity index (χ3v) is 4.24. The van der Waals surface area contributed by atoms with Gasteiger partial charge < -0.3 is 10.1 Å². The Morgan fingerprint density at radius 2 is 2.19 bits per heavy atom. The molecule has 2 fully saturated rings. The number of pyridine rings is 1. The van der Waals surface area contributed by atoms with Crippen molar-refractivity contribution in [3.63, 3.8) is 0 Å². The molecule has 86 valence electrons. The molecule has 1 aliphatic heterocycles. The molecule has 1 aliphatic carbocycles. The van der Waals surface area contributed by atoms with Crippen LogP contribution in [0.5, 0.6) is 0 Å². The summed E-state index contributed by atoms with van der Waals surface area (Å²) in [4.78, 5) is 4.55. The second-order valence-electron chi connectivity index (χ2n) is 5.10. The number of ether oxygens (including phenoxy) is 1. The standard InChI is InChI=1S/C13H18N2O/c1-14-8-12(5-6-12)13(9-16-10-13)11-4-2-3-7-15-11/h2-4,7,14H,5-6,8-10H2,1H3. The SMILES string of the molecule is CNCC1(C2(c3ccccn3)COC2)CC1. The van der Waals surface area contributed by atoms with E-state index in [1.165, 1.54) is 18.5 Å². The summed E-state index contributed by atoms with van der Waals surface area (Å²) in [5.41, 5.74) is 1.79. The lowest BCUT2D eigenvalue weighted by atomic mass is 9.68. The van der Waals surface area contributed by atoms with Gasteiger partial charge in [-0.05, 0) is 37.4 Å². The van der Waals surface area contributed by atoms with Crippen molar-refractivity contribution in [2.75, 3.05) is 26.8 Å². The van der Waals surface area contributed by atoms with E-state index in [4.69, 9.17) is 4.74 Å². The van der Waals surface area contributed by atoms with Crippen molar-refractivity contribution in [2.24, 2.45) is 5.41 Å². The third-order valence-electron chi connectivity index (χ3n) is 4.24. The van der Waals surface area contributed by atoms with Gasteiger partial charge in [-0.3, -0.25) is 4.98 Å². The Hall–Kier alpha value is -0.930. The molecule has 0 spiro atoms. The van der Waals surface area contributed by atoms with Crippen molar-refractivity contribution < 1.29 is 4.74 Å². The molecule has 1 aromatic rings. The first kappa shape index (κ1) is 10.2. The molecule has 3 nitrogen and oxygen atoms in total. The van der Waals surface area contributed by atoms with E-state index < -0.39 is 0 Å². The molecule has 1 aromatic heterocycles. The van der Waals surface area contributed by atoms with E-state index >= 15 is 0 Å². The van der Waals surface area contributed by atoms with Crippen LogP contribution in [-0.2, 0) is 10.2 Å². The molecule has 0 aromatic carbocycles. The first-order chi connectivity index (χ1) is 7.83. The minimum absolute atomic E-state index is 0.178. The molecule has 0 amide bonds. The van der Waals surface area contributed by atoms with Crippen LogP contribution in [-0.4, -0.2) is 31.8 Å². The summed E-state index contributed by atoms with van der Waals surface area (Å²) in [5.74, 6) is 0. The van der Waals surface area contributed by atoms with Crippen molar-refractivity contribution in [1.82, 2.24) is 10.3 Å². The van der Waals surface area contributed by atoms with Crippen molar-refractivity contribution in [2.45, 2.75) is 18.3 Å². The summed E-state index contributed by atoms with van der Waals surface area (Å²) in [5, 5.41) is 3.33. The van der Waals surface area contributed by atoms with Gasteiger partial charge in [-0.1, -0.05) is 6.07 Å². The molecule has 0 radical (unpaired) electrons. The lowest BCUT2D eigenvalue weighted by molar-refractivity contribution is -0.101. The zero-order valence-electron chi connectivity index (χ0n) is 9.70. The Labute approximate surface area is 96.2 Å². The van der Waals surface area contributed by atoms with E-state index in [-0.39, 0.29) is 5.41 Å². The third kappa shape index (κ3) is 1.25. The largest absolute Gasteiger partial charge is 0.379 e. The molecule has 16 heavy (non-hydrogen) atoms. The van der Waals surface area contributed by atoms with Gasteiger partial charge in [-0.25, -0.2) is 0 Å². The van der Waals surface area contributed by atoms with E-state index in [0.29, 0.717) is 5.41 Å². The normalized spacial score (nSPS) is 24.8. The summed E-state index contributed by atoms with van der Waals surface area (Å²) in [6, 6.07) is 6.21. The molecular weight excluding hydrogens is 200 g/mol. The van der Waals surface area contributed by atoms with Crippen molar-refractivity contribution >= 4 is 0 Å². The van der Waals surface area contributed by atoms with Gasteiger partial charge in [0.1, 0.15) is 0 Å². The molecule has 2 heterocycles. The second-order valence-corrected chi connectivity index (χ2v) is 5.10. The van der Waals surface area contributed by atoms with Gasteiger partial charge in [0.25, 0.3) is 0 Å². The smallest absolute Gasteiger partial charge is 0.0661 e.